The van der Waals surface area contributed by atoms with Gasteiger partial charge in [0.05, 0.1) is 11.2 Å². The highest BCUT2D eigenvalue weighted by Gasteiger charge is 2.22. The Balaban J connectivity index is 1.06. The third kappa shape index (κ3) is 4.63. The van der Waals surface area contributed by atoms with Crippen LogP contribution in [-0.4, -0.2) is 76.5 Å². The topological polar surface area (TPSA) is 97.3 Å². The molecule has 0 radical (unpaired) electrons. The first-order valence-corrected chi connectivity index (χ1v) is 13.0. The molecule has 1 aliphatic rings. The molecule has 0 N–H and O–H groups in total. The molecule has 5 heterocycles. The first-order chi connectivity index (χ1) is 18.5. The quantitative estimate of drug-likeness (QED) is 0.347. The average molecular weight is 510 g/mol. The van der Waals surface area contributed by atoms with Crippen molar-refractivity contribution >= 4 is 22.5 Å². The van der Waals surface area contributed by atoms with Gasteiger partial charge in [-0.2, -0.15) is 9.61 Å². The van der Waals surface area contributed by atoms with Gasteiger partial charge in [0.25, 0.3) is 0 Å². The Hall–Kier alpha value is -4.18. The lowest BCUT2D eigenvalue weighted by molar-refractivity contribution is -0.133. The minimum Gasteiger partial charge on any atom is -0.340 e. The fraction of sp³-hybridized carbons (Fsp3) is 0.357. The van der Waals surface area contributed by atoms with Gasteiger partial charge in [-0.3, -0.25) is 14.7 Å². The summed E-state index contributed by atoms with van der Waals surface area (Å²) >= 11 is 0. The summed E-state index contributed by atoms with van der Waals surface area (Å²) in [5.74, 6) is 1.63. The highest BCUT2D eigenvalue weighted by Crippen LogP contribution is 2.20. The van der Waals surface area contributed by atoms with Gasteiger partial charge in [-0.25, -0.2) is 4.68 Å². The van der Waals surface area contributed by atoms with E-state index in [-0.39, 0.29) is 5.91 Å². The van der Waals surface area contributed by atoms with E-state index >= 15 is 0 Å². The van der Waals surface area contributed by atoms with Crippen LogP contribution in [0.3, 0.4) is 0 Å². The second-order valence-corrected chi connectivity index (χ2v) is 9.96. The molecule has 1 aromatic carbocycles. The molecule has 1 fully saturated rings. The zero-order chi connectivity index (χ0) is 26.2. The molecule has 1 aliphatic heterocycles. The molecular formula is C28H31N9O. The number of carbonyl (C=O) groups excluding carboxylic acids is 1. The average Bonchev–Trinajstić information content (AvgIpc) is 3.45. The Labute approximate surface area is 220 Å². The van der Waals surface area contributed by atoms with Crippen molar-refractivity contribution in [2.45, 2.75) is 40.2 Å². The summed E-state index contributed by atoms with van der Waals surface area (Å²) in [5, 5.41) is 18.7. The predicted molar refractivity (Wildman–Crippen MR) is 144 cm³/mol. The highest BCUT2D eigenvalue weighted by atomic mass is 16.2. The minimum absolute atomic E-state index is 0.202. The lowest BCUT2D eigenvalue weighted by atomic mass is 10.1. The maximum absolute atomic E-state index is 13.1. The summed E-state index contributed by atoms with van der Waals surface area (Å²) in [5.41, 5.74) is 6.03. The van der Waals surface area contributed by atoms with Gasteiger partial charge in [0.15, 0.2) is 17.3 Å². The molecule has 0 aliphatic carbocycles. The van der Waals surface area contributed by atoms with E-state index in [1.807, 2.05) is 54.7 Å². The maximum atomic E-state index is 13.1. The zero-order valence-corrected chi connectivity index (χ0v) is 22.0. The Kier molecular flexibility index (Phi) is 6.32. The number of benzene rings is 1. The number of fused-ring (bicyclic) bond motifs is 2. The van der Waals surface area contributed by atoms with Crippen LogP contribution in [0.4, 0.5) is 0 Å². The van der Waals surface area contributed by atoms with Gasteiger partial charge >= 0.3 is 0 Å². The molecule has 0 saturated carbocycles. The first-order valence-electron chi connectivity index (χ1n) is 13.0. The van der Waals surface area contributed by atoms with E-state index in [2.05, 4.69) is 49.4 Å². The summed E-state index contributed by atoms with van der Waals surface area (Å²) in [4.78, 5) is 21.9. The molecule has 38 heavy (non-hydrogen) atoms. The summed E-state index contributed by atoms with van der Waals surface area (Å²) in [6, 6.07) is 14.3. The van der Waals surface area contributed by atoms with Crippen LogP contribution in [0, 0.1) is 20.8 Å². The minimum atomic E-state index is 0.202. The van der Waals surface area contributed by atoms with E-state index in [1.54, 1.807) is 4.52 Å². The molecule has 1 saturated heterocycles. The van der Waals surface area contributed by atoms with Gasteiger partial charge in [0.1, 0.15) is 0 Å². The number of hydrogen-bond donors (Lipinski definition) is 0. The van der Waals surface area contributed by atoms with Gasteiger partial charge in [-0.05, 0) is 68.7 Å². The Bertz CT molecular complexity index is 1630. The Morgan fingerprint density at radius 2 is 1.79 bits per heavy atom. The highest BCUT2D eigenvalue weighted by molar-refractivity contribution is 5.79. The van der Waals surface area contributed by atoms with Crippen LogP contribution in [-0.2, 0) is 17.8 Å². The summed E-state index contributed by atoms with van der Waals surface area (Å²) < 4.78 is 3.56. The third-order valence-corrected chi connectivity index (χ3v) is 7.45. The maximum Gasteiger partial charge on any atom is 0.222 e. The molecule has 0 atom stereocenters. The lowest BCUT2D eigenvalue weighted by Gasteiger charge is -2.35. The van der Waals surface area contributed by atoms with Crippen molar-refractivity contribution < 1.29 is 4.79 Å². The largest absolute Gasteiger partial charge is 0.340 e. The molecule has 0 unspecified atom stereocenters. The Morgan fingerprint density at radius 3 is 2.63 bits per heavy atom. The summed E-state index contributed by atoms with van der Waals surface area (Å²) in [6.07, 6.45) is 2.96. The van der Waals surface area contributed by atoms with Crippen molar-refractivity contribution in [3.63, 3.8) is 0 Å². The second-order valence-electron chi connectivity index (χ2n) is 9.96. The van der Waals surface area contributed by atoms with Gasteiger partial charge in [-0.15, -0.1) is 15.3 Å². The standard InChI is InChI=1S/C28H31N9O/c1-19-24(20(2)36(32-19)27-10-9-26-31-30-21(3)37(26)33-27)7-11-28(38)35-15-13-34(14-16-35)18-22-6-8-25-23(17-22)5-4-12-29-25/h4-6,8-10,12,17H,7,11,13-16,18H2,1-3H3. The smallest absolute Gasteiger partial charge is 0.222 e. The van der Waals surface area contributed by atoms with E-state index in [1.165, 1.54) is 5.56 Å². The van der Waals surface area contributed by atoms with E-state index in [9.17, 15) is 4.79 Å². The van der Waals surface area contributed by atoms with Gasteiger partial charge < -0.3 is 4.90 Å². The van der Waals surface area contributed by atoms with E-state index in [4.69, 9.17) is 5.10 Å². The fourth-order valence-electron chi connectivity index (χ4n) is 5.29. The number of rotatable bonds is 6. The van der Waals surface area contributed by atoms with Gasteiger partial charge in [0, 0.05) is 56.4 Å². The molecule has 0 spiro atoms. The molecular weight excluding hydrogens is 478 g/mol. The van der Waals surface area contributed by atoms with Crippen molar-refractivity contribution in [3.8, 4) is 5.82 Å². The fourth-order valence-corrected chi connectivity index (χ4v) is 5.29. The van der Waals surface area contributed by atoms with E-state index in [0.717, 1.165) is 66.4 Å². The molecule has 10 heteroatoms. The number of aromatic nitrogens is 7. The van der Waals surface area contributed by atoms with Crippen LogP contribution in [0.25, 0.3) is 22.4 Å². The summed E-state index contributed by atoms with van der Waals surface area (Å²) in [7, 11) is 0. The van der Waals surface area contributed by atoms with Gasteiger partial charge in [0.2, 0.25) is 5.91 Å². The van der Waals surface area contributed by atoms with Crippen molar-refractivity contribution in [1.29, 1.82) is 0 Å². The third-order valence-electron chi connectivity index (χ3n) is 7.45. The van der Waals surface area contributed by atoms with Crippen LogP contribution >= 0.6 is 0 Å². The number of nitrogens with zero attached hydrogens (tertiary/aromatic N) is 9. The Morgan fingerprint density at radius 1 is 0.947 bits per heavy atom. The number of aryl methyl sites for hydroxylation is 2. The van der Waals surface area contributed by atoms with Gasteiger partial charge in [-0.1, -0.05) is 12.1 Å². The van der Waals surface area contributed by atoms with Crippen LogP contribution in [0.1, 0.15) is 34.8 Å². The predicted octanol–water partition coefficient (Wildman–Crippen LogP) is 3.06. The number of hydrogen-bond acceptors (Lipinski definition) is 7. The molecule has 10 nitrogen and oxygen atoms in total. The monoisotopic (exact) mass is 509 g/mol. The normalized spacial score (nSPS) is 14.6. The van der Waals surface area contributed by atoms with E-state index in [0.29, 0.717) is 24.3 Å². The molecule has 6 rings (SSSR count). The lowest BCUT2D eigenvalue weighted by Crippen LogP contribution is -2.48. The number of amides is 1. The molecule has 1 amide bonds. The molecule has 4 aromatic heterocycles. The molecule has 194 valence electrons. The van der Waals surface area contributed by atoms with Crippen LogP contribution in [0.2, 0.25) is 0 Å². The number of carbonyl (C=O) groups is 1. The molecule has 0 bridgehead atoms. The second kappa shape index (κ2) is 9.94. The van der Waals surface area contributed by atoms with Crippen LogP contribution in [0.15, 0.2) is 48.7 Å². The van der Waals surface area contributed by atoms with Crippen LogP contribution in [0.5, 0.6) is 0 Å². The van der Waals surface area contributed by atoms with Crippen molar-refractivity contribution in [2.75, 3.05) is 26.2 Å². The molecule has 5 aromatic rings. The SMILES string of the molecule is Cc1nn(-c2ccc3nnc(C)n3n2)c(C)c1CCC(=O)N1CCN(Cc2ccc3ncccc3c2)CC1. The first kappa shape index (κ1) is 24.2. The zero-order valence-electron chi connectivity index (χ0n) is 22.0. The number of piperazine rings is 1. The summed E-state index contributed by atoms with van der Waals surface area (Å²) in [6.45, 7) is 10.1. The van der Waals surface area contributed by atoms with E-state index < -0.39 is 0 Å². The van der Waals surface area contributed by atoms with Crippen molar-refractivity contribution in [2.24, 2.45) is 0 Å². The number of pyridine rings is 1. The van der Waals surface area contributed by atoms with Crippen molar-refractivity contribution in [1.82, 2.24) is 44.4 Å². The van der Waals surface area contributed by atoms with Crippen LogP contribution < -0.4 is 0 Å². The van der Waals surface area contributed by atoms with Crippen molar-refractivity contribution in [3.05, 3.63) is 77.0 Å².